The summed E-state index contributed by atoms with van der Waals surface area (Å²) in [6.45, 7) is 1.59. The Hall–Kier alpha value is -3.94. The highest BCUT2D eigenvalue weighted by Gasteiger charge is 2.38. The predicted octanol–water partition coefficient (Wildman–Crippen LogP) is 4.86. The highest BCUT2D eigenvalue weighted by molar-refractivity contribution is 8.09. The van der Waals surface area contributed by atoms with Crippen molar-refractivity contribution in [3.8, 4) is 12.1 Å². The number of hydrogen-bond donors (Lipinski definition) is 1. The number of carboxylic acid groups (broad SMARTS) is 1. The van der Waals surface area contributed by atoms with E-state index in [1.54, 1.807) is 67.6 Å². The quantitative estimate of drug-likeness (QED) is 0.636. The summed E-state index contributed by atoms with van der Waals surface area (Å²) in [5, 5.41) is 28.4. The fourth-order valence-electron chi connectivity index (χ4n) is 3.93. The molecule has 1 aliphatic rings. The van der Waals surface area contributed by atoms with Gasteiger partial charge >= 0.3 is 5.97 Å². The molecule has 0 radical (unpaired) electrons. The molecule has 0 aromatic heterocycles. The second-order valence-corrected chi connectivity index (χ2v) is 9.04. The number of rotatable bonds is 6. The van der Waals surface area contributed by atoms with Crippen molar-refractivity contribution in [2.45, 2.75) is 26.2 Å². The Bertz CT molecular complexity index is 1320. The van der Waals surface area contributed by atoms with E-state index in [0.717, 1.165) is 0 Å². The summed E-state index contributed by atoms with van der Waals surface area (Å²) < 4.78 is 27.9. The Morgan fingerprint density at radius 2 is 1.41 bits per heavy atom. The van der Waals surface area contributed by atoms with Gasteiger partial charge in [-0.25, -0.2) is 8.42 Å². The van der Waals surface area contributed by atoms with Gasteiger partial charge in [-0.3, -0.25) is 4.79 Å². The standard InChI is InChI=1S/C25H20N2O4S/c1-17-23(20(15-26)16-27)21(13-8-14-22(28)29)25(19-11-6-3-7-12-19)32(30,31)24(17)18-9-4-2-5-10-18/h2-7,9-12H,8,13-14H2,1H3,(H,28,29). The number of nitrogens with zero attached hydrogens (tertiary/aromatic N) is 2. The Kier molecular flexibility index (Phi) is 6.73. The van der Waals surface area contributed by atoms with E-state index in [-0.39, 0.29) is 40.2 Å². The average Bonchev–Trinajstić information content (AvgIpc) is 2.77. The maximum atomic E-state index is 14.0. The first kappa shape index (κ1) is 22.7. The third-order valence-corrected chi connectivity index (χ3v) is 7.29. The van der Waals surface area contributed by atoms with Gasteiger partial charge < -0.3 is 5.11 Å². The third-order valence-electron chi connectivity index (χ3n) is 5.19. The molecule has 1 heterocycles. The molecule has 0 unspecified atom stereocenters. The number of hydrogen-bond acceptors (Lipinski definition) is 5. The largest absolute Gasteiger partial charge is 0.481 e. The first-order chi connectivity index (χ1) is 15.3. The number of allylic oxidation sites excluding steroid dienone is 4. The van der Waals surface area contributed by atoms with E-state index in [2.05, 4.69) is 0 Å². The van der Waals surface area contributed by atoms with Crippen molar-refractivity contribution >= 4 is 25.6 Å². The molecule has 0 fully saturated rings. The van der Waals surface area contributed by atoms with Crippen molar-refractivity contribution < 1.29 is 18.3 Å². The molecule has 0 aliphatic carbocycles. The first-order valence-corrected chi connectivity index (χ1v) is 11.4. The Balaban J connectivity index is 2.43. The summed E-state index contributed by atoms with van der Waals surface area (Å²) in [6, 6.07) is 20.8. The van der Waals surface area contributed by atoms with E-state index in [1.165, 1.54) is 0 Å². The number of carbonyl (C=O) groups is 1. The van der Waals surface area contributed by atoms with Gasteiger partial charge in [0.05, 0.1) is 9.81 Å². The summed E-state index contributed by atoms with van der Waals surface area (Å²) in [7, 11) is -4.04. The highest BCUT2D eigenvalue weighted by atomic mass is 32.2. The molecule has 6 nitrogen and oxygen atoms in total. The van der Waals surface area contributed by atoms with Crippen molar-refractivity contribution in [1.82, 2.24) is 0 Å². The molecule has 0 spiro atoms. The molecule has 7 heteroatoms. The lowest BCUT2D eigenvalue weighted by molar-refractivity contribution is -0.137. The van der Waals surface area contributed by atoms with Gasteiger partial charge in [-0.15, -0.1) is 0 Å². The predicted molar refractivity (Wildman–Crippen MR) is 121 cm³/mol. The van der Waals surface area contributed by atoms with Gasteiger partial charge in [0.15, 0.2) is 0 Å². The number of benzene rings is 2. The van der Waals surface area contributed by atoms with E-state index in [0.29, 0.717) is 22.3 Å². The van der Waals surface area contributed by atoms with E-state index in [1.807, 2.05) is 12.1 Å². The van der Waals surface area contributed by atoms with Crippen LogP contribution < -0.4 is 0 Å². The van der Waals surface area contributed by atoms with Gasteiger partial charge in [0.1, 0.15) is 17.7 Å². The zero-order chi connectivity index (χ0) is 23.3. The summed E-state index contributed by atoms with van der Waals surface area (Å²) in [5.74, 6) is -1.01. The van der Waals surface area contributed by atoms with Crippen LogP contribution in [0.4, 0.5) is 0 Å². The maximum Gasteiger partial charge on any atom is 0.303 e. The second kappa shape index (κ2) is 9.47. The normalized spacial score (nSPS) is 15.2. The summed E-state index contributed by atoms with van der Waals surface area (Å²) >= 11 is 0. The Morgan fingerprint density at radius 3 is 1.88 bits per heavy atom. The molecule has 1 aliphatic heterocycles. The zero-order valence-electron chi connectivity index (χ0n) is 17.4. The minimum absolute atomic E-state index is 0.00550. The van der Waals surface area contributed by atoms with Crippen LogP contribution in [0.5, 0.6) is 0 Å². The van der Waals surface area contributed by atoms with E-state index in [4.69, 9.17) is 5.11 Å². The van der Waals surface area contributed by atoms with Crippen LogP contribution in [0.1, 0.15) is 37.3 Å². The van der Waals surface area contributed by atoms with Gasteiger partial charge in [0.25, 0.3) is 0 Å². The first-order valence-electron chi connectivity index (χ1n) is 9.90. The summed E-state index contributed by atoms with van der Waals surface area (Å²) in [6.07, 6.45) is 0.0944. The van der Waals surface area contributed by atoms with Gasteiger partial charge in [0, 0.05) is 12.0 Å². The molecule has 2 aromatic rings. The SMILES string of the molecule is CC1=C(c2ccccc2)S(=O)(=O)C(c2ccccc2)=C(CCCC(=O)O)C1=C(C#N)C#N. The van der Waals surface area contributed by atoms with Gasteiger partial charge in [0.2, 0.25) is 9.84 Å². The summed E-state index contributed by atoms with van der Waals surface area (Å²) in [5.41, 5.74) is 1.53. The molecule has 3 rings (SSSR count). The molecule has 32 heavy (non-hydrogen) atoms. The molecule has 2 aromatic carbocycles. The van der Waals surface area contributed by atoms with Gasteiger partial charge in [-0.05, 0) is 42.0 Å². The van der Waals surface area contributed by atoms with Crippen molar-refractivity contribution in [3.05, 3.63) is 94.1 Å². The third kappa shape index (κ3) is 4.25. The molecule has 0 bridgehead atoms. The fraction of sp³-hybridized carbons (Fsp3) is 0.160. The Labute approximate surface area is 187 Å². The monoisotopic (exact) mass is 444 g/mol. The summed E-state index contributed by atoms with van der Waals surface area (Å²) in [4.78, 5) is 11.1. The lowest BCUT2D eigenvalue weighted by Crippen LogP contribution is -2.18. The molecular weight excluding hydrogens is 424 g/mol. The van der Waals surface area contributed by atoms with Crippen molar-refractivity contribution in [1.29, 1.82) is 10.5 Å². The minimum Gasteiger partial charge on any atom is -0.481 e. The van der Waals surface area contributed by atoms with Crippen LogP contribution in [-0.4, -0.2) is 19.5 Å². The number of aliphatic carboxylic acids is 1. The molecular formula is C25H20N2O4S. The van der Waals surface area contributed by atoms with Crippen molar-refractivity contribution in [2.75, 3.05) is 0 Å². The van der Waals surface area contributed by atoms with Crippen LogP contribution in [-0.2, 0) is 14.6 Å². The van der Waals surface area contributed by atoms with Gasteiger partial charge in [-0.1, -0.05) is 60.7 Å². The van der Waals surface area contributed by atoms with Crippen LogP contribution in [0.2, 0.25) is 0 Å². The molecule has 1 N–H and O–H groups in total. The molecule has 0 saturated heterocycles. The Morgan fingerprint density at radius 1 is 0.906 bits per heavy atom. The maximum absolute atomic E-state index is 14.0. The topological polar surface area (TPSA) is 119 Å². The lowest BCUT2D eigenvalue weighted by atomic mass is 9.88. The second-order valence-electron chi connectivity index (χ2n) is 7.22. The zero-order valence-corrected chi connectivity index (χ0v) is 18.2. The van der Waals surface area contributed by atoms with Crippen molar-refractivity contribution in [2.24, 2.45) is 0 Å². The van der Waals surface area contributed by atoms with E-state index < -0.39 is 15.8 Å². The van der Waals surface area contributed by atoms with Crippen LogP contribution in [0.25, 0.3) is 9.81 Å². The molecule has 160 valence electrons. The smallest absolute Gasteiger partial charge is 0.303 e. The average molecular weight is 445 g/mol. The van der Waals surface area contributed by atoms with E-state index in [9.17, 15) is 23.7 Å². The van der Waals surface area contributed by atoms with Crippen LogP contribution in [0, 0.1) is 22.7 Å². The minimum atomic E-state index is -4.04. The van der Waals surface area contributed by atoms with Crippen LogP contribution in [0.3, 0.4) is 0 Å². The molecule has 0 saturated carbocycles. The van der Waals surface area contributed by atoms with Crippen LogP contribution in [0.15, 0.2) is 83.0 Å². The lowest BCUT2D eigenvalue weighted by Gasteiger charge is -2.28. The highest BCUT2D eigenvalue weighted by Crippen LogP contribution is 2.48. The number of carboxylic acids is 1. The molecule has 0 atom stereocenters. The van der Waals surface area contributed by atoms with Gasteiger partial charge in [-0.2, -0.15) is 10.5 Å². The van der Waals surface area contributed by atoms with Crippen LogP contribution >= 0.6 is 0 Å². The van der Waals surface area contributed by atoms with E-state index >= 15 is 0 Å². The fourth-order valence-corrected chi connectivity index (χ4v) is 6.06. The number of sulfone groups is 1. The molecule has 0 amide bonds. The van der Waals surface area contributed by atoms with Crippen molar-refractivity contribution in [3.63, 3.8) is 0 Å². The number of nitriles is 2.